The molecule has 0 spiro atoms. The zero-order valence-corrected chi connectivity index (χ0v) is 13.9. The highest BCUT2D eigenvalue weighted by Crippen LogP contribution is 2.23. The maximum absolute atomic E-state index is 11.6. The van der Waals surface area contributed by atoms with Crippen molar-refractivity contribution in [3.63, 3.8) is 0 Å². The molecule has 1 aromatic carbocycles. The van der Waals surface area contributed by atoms with E-state index in [-0.39, 0.29) is 12.3 Å². The number of carboxylic acids is 1. The third-order valence-electron chi connectivity index (χ3n) is 2.90. The Morgan fingerprint density at radius 3 is 2.48 bits per heavy atom. The van der Waals surface area contributed by atoms with Crippen LogP contribution in [0.2, 0.25) is 10.0 Å². The number of benzene rings is 1. The highest BCUT2D eigenvalue weighted by Gasteiger charge is 2.17. The lowest BCUT2D eigenvalue weighted by molar-refractivity contribution is -0.134. The van der Waals surface area contributed by atoms with Crippen molar-refractivity contribution < 1.29 is 18.3 Å². The average Bonchev–Trinajstić information content (AvgIpc) is 2.37. The van der Waals surface area contributed by atoms with Crippen LogP contribution < -0.4 is 0 Å². The Morgan fingerprint density at radius 2 is 1.95 bits per heavy atom. The van der Waals surface area contributed by atoms with Crippen LogP contribution >= 0.6 is 23.2 Å². The van der Waals surface area contributed by atoms with Gasteiger partial charge in [0.05, 0.1) is 15.8 Å². The van der Waals surface area contributed by atoms with Crippen molar-refractivity contribution in [3.05, 3.63) is 33.8 Å². The van der Waals surface area contributed by atoms with E-state index in [4.69, 9.17) is 28.3 Å². The van der Waals surface area contributed by atoms with Gasteiger partial charge >= 0.3 is 5.97 Å². The third-order valence-corrected chi connectivity index (χ3v) is 5.13. The molecule has 1 rings (SSSR count). The maximum Gasteiger partial charge on any atom is 0.318 e. The van der Waals surface area contributed by atoms with Crippen molar-refractivity contribution >= 4 is 39.0 Å². The van der Waals surface area contributed by atoms with E-state index < -0.39 is 21.6 Å². The van der Waals surface area contributed by atoms with Crippen molar-refractivity contribution in [1.82, 2.24) is 4.90 Å². The van der Waals surface area contributed by atoms with Crippen molar-refractivity contribution in [2.75, 3.05) is 24.6 Å². The van der Waals surface area contributed by atoms with Crippen LogP contribution in [0.4, 0.5) is 0 Å². The lowest BCUT2D eigenvalue weighted by atomic mass is 10.2. The van der Waals surface area contributed by atoms with Crippen molar-refractivity contribution in [3.8, 4) is 0 Å². The highest BCUT2D eigenvalue weighted by molar-refractivity contribution is 7.92. The van der Waals surface area contributed by atoms with Gasteiger partial charge in [0.2, 0.25) is 0 Å². The number of nitrogens with zero attached hydrogens (tertiary/aromatic N) is 1. The molecule has 1 aromatic rings. The van der Waals surface area contributed by atoms with Gasteiger partial charge in [0, 0.05) is 13.1 Å². The van der Waals surface area contributed by atoms with Crippen molar-refractivity contribution in [2.24, 2.45) is 0 Å². The number of rotatable bonds is 8. The Morgan fingerprint density at radius 1 is 1.29 bits per heavy atom. The van der Waals surface area contributed by atoms with Crippen molar-refractivity contribution in [2.45, 2.75) is 13.5 Å². The van der Waals surface area contributed by atoms with E-state index in [1.54, 1.807) is 12.1 Å². The Labute approximate surface area is 134 Å². The molecule has 0 amide bonds. The minimum Gasteiger partial charge on any atom is -0.480 e. The second-order valence-corrected chi connectivity index (χ2v) is 7.60. The quantitative estimate of drug-likeness (QED) is 0.776. The van der Waals surface area contributed by atoms with Gasteiger partial charge in [0.15, 0.2) is 9.84 Å². The summed E-state index contributed by atoms with van der Waals surface area (Å²) in [5.74, 6) is -2.35. The maximum atomic E-state index is 11.6. The summed E-state index contributed by atoms with van der Waals surface area (Å²) < 4.78 is 23.1. The van der Waals surface area contributed by atoms with Gasteiger partial charge < -0.3 is 5.11 Å². The molecule has 5 nitrogen and oxygen atoms in total. The molecular weight excluding hydrogens is 337 g/mol. The van der Waals surface area contributed by atoms with E-state index in [9.17, 15) is 13.2 Å². The van der Waals surface area contributed by atoms with Crippen LogP contribution in [-0.2, 0) is 21.2 Å². The number of carbonyl (C=O) groups is 1. The van der Waals surface area contributed by atoms with Gasteiger partial charge in [-0.1, -0.05) is 36.2 Å². The number of carboxylic acid groups (broad SMARTS) is 1. The molecule has 0 aromatic heterocycles. The molecule has 0 saturated carbocycles. The van der Waals surface area contributed by atoms with E-state index in [0.29, 0.717) is 23.1 Å². The SMILES string of the molecule is CCN(CCS(=O)(=O)CC(=O)O)Cc1ccc(Cl)c(Cl)c1. The first-order valence-electron chi connectivity index (χ1n) is 6.32. The molecular formula is C13H17Cl2NO4S. The van der Waals surface area contributed by atoms with E-state index in [1.165, 1.54) is 0 Å². The Hall–Kier alpha value is -0.820. The average molecular weight is 354 g/mol. The fourth-order valence-electron chi connectivity index (χ4n) is 1.77. The molecule has 0 atom stereocenters. The normalized spacial score (nSPS) is 11.8. The first-order chi connectivity index (χ1) is 9.73. The summed E-state index contributed by atoms with van der Waals surface area (Å²) in [6.07, 6.45) is 0. The summed E-state index contributed by atoms with van der Waals surface area (Å²) in [6.45, 7) is 3.34. The summed E-state index contributed by atoms with van der Waals surface area (Å²) in [6, 6.07) is 5.25. The van der Waals surface area contributed by atoms with Crippen LogP contribution in [0.5, 0.6) is 0 Å². The Balaban J connectivity index is 2.63. The molecule has 118 valence electrons. The lowest BCUT2D eigenvalue weighted by Gasteiger charge is -2.20. The van der Waals surface area contributed by atoms with Gasteiger partial charge in [0.1, 0.15) is 5.75 Å². The number of hydrogen-bond donors (Lipinski definition) is 1. The lowest BCUT2D eigenvalue weighted by Crippen LogP contribution is -2.31. The highest BCUT2D eigenvalue weighted by atomic mass is 35.5. The number of halogens is 2. The van der Waals surface area contributed by atoms with Gasteiger partial charge in [0.25, 0.3) is 0 Å². The van der Waals surface area contributed by atoms with Gasteiger partial charge in [-0.15, -0.1) is 0 Å². The molecule has 21 heavy (non-hydrogen) atoms. The summed E-state index contributed by atoms with van der Waals surface area (Å²) in [7, 11) is -3.58. The molecule has 0 aliphatic rings. The van der Waals surface area contributed by atoms with E-state index in [1.807, 2.05) is 17.9 Å². The first kappa shape index (κ1) is 18.2. The first-order valence-corrected chi connectivity index (χ1v) is 8.89. The molecule has 0 aliphatic heterocycles. The Bertz CT molecular complexity index is 604. The Kier molecular flexibility index (Phi) is 6.93. The second kappa shape index (κ2) is 7.98. The zero-order chi connectivity index (χ0) is 16.0. The summed E-state index contributed by atoms with van der Waals surface area (Å²) in [5, 5.41) is 9.46. The van der Waals surface area contributed by atoms with Crippen LogP contribution in [0, 0.1) is 0 Å². The fraction of sp³-hybridized carbons (Fsp3) is 0.462. The summed E-state index contributed by atoms with van der Waals surface area (Å²) in [4.78, 5) is 12.4. The molecule has 0 fully saturated rings. The fourth-order valence-corrected chi connectivity index (χ4v) is 3.15. The minimum absolute atomic E-state index is 0.186. The summed E-state index contributed by atoms with van der Waals surface area (Å²) in [5.41, 5.74) is 0.918. The van der Waals surface area contributed by atoms with Crippen LogP contribution in [-0.4, -0.2) is 49.0 Å². The second-order valence-electron chi connectivity index (χ2n) is 4.60. The minimum atomic E-state index is -3.58. The molecule has 0 saturated heterocycles. The van der Waals surface area contributed by atoms with Crippen LogP contribution in [0.1, 0.15) is 12.5 Å². The van der Waals surface area contributed by atoms with Crippen molar-refractivity contribution in [1.29, 1.82) is 0 Å². The van der Waals surface area contributed by atoms with Gasteiger partial charge in [-0.05, 0) is 24.2 Å². The van der Waals surface area contributed by atoms with Crippen LogP contribution in [0.3, 0.4) is 0 Å². The van der Waals surface area contributed by atoms with Crippen LogP contribution in [0.15, 0.2) is 18.2 Å². The van der Waals surface area contributed by atoms with E-state index >= 15 is 0 Å². The molecule has 0 unspecified atom stereocenters. The summed E-state index contributed by atoms with van der Waals surface area (Å²) >= 11 is 11.8. The number of hydrogen-bond acceptors (Lipinski definition) is 4. The van der Waals surface area contributed by atoms with E-state index in [0.717, 1.165) is 5.56 Å². The van der Waals surface area contributed by atoms with Gasteiger partial charge in [-0.3, -0.25) is 9.69 Å². The molecule has 0 aliphatic carbocycles. The molecule has 0 heterocycles. The number of aliphatic carboxylic acids is 1. The molecule has 8 heteroatoms. The monoisotopic (exact) mass is 353 g/mol. The largest absolute Gasteiger partial charge is 0.480 e. The van der Waals surface area contributed by atoms with Gasteiger partial charge in [-0.25, -0.2) is 8.42 Å². The smallest absolute Gasteiger partial charge is 0.318 e. The van der Waals surface area contributed by atoms with Gasteiger partial charge in [-0.2, -0.15) is 0 Å². The van der Waals surface area contributed by atoms with Crippen LogP contribution in [0.25, 0.3) is 0 Å². The predicted molar refractivity (Wildman–Crippen MR) is 83.7 cm³/mol. The standard InChI is InChI=1S/C13H17Cl2NO4S/c1-2-16(5-6-21(19,20)9-13(17)18)8-10-3-4-11(14)12(15)7-10/h3-4,7H,2,5-6,8-9H2,1H3,(H,17,18). The molecule has 0 bridgehead atoms. The molecule has 1 N–H and O–H groups in total. The van der Waals surface area contributed by atoms with E-state index in [2.05, 4.69) is 0 Å². The third kappa shape index (κ3) is 6.65. The topological polar surface area (TPSA) is 74.7 Å². The zero-order valence-electron chi connectivity index (χ0n) is 11.6. The molecule has 0 radical (unpaired) electrons. The predicted octanol–water partition coefficient (Wildman–Crippen LogP) is 2.31. The number of sulfone groups is 1.